The number of halogens is 1. The van der Waals surface area contributed by atoms with E-state index in [1.54, 1.807) is 0 Å². The van der Waals surface area contributed by atoms with Gasteiger partial charge in [-0.25, -0.2) is 0 Å². The molecule has 90 valence electrons. The average molecular weight is 239 g/mol. The van der Waals surface area contributed by atoms with Gasteiger partial charge < -0.3 is 0 Å². The standard InChI is InChI=1S/C15H23Cl/c1-9(2)15(16)13(6)14-11(4)7-10(3)8-12(14)5/h7-9,13,15H,1-6H3. The minimum Gasteiger partial charge on any atom is -0.122 e. The molecule has 0 nitrogen and oxygen atoms in total. The van der Waals surface area contributed by atoms with Crippen LogP contribution in [0, 0.1) is 26.7 Å². The number of hydrogen-bond acceptors (Lipinski definition) is 0. The summed E-state index contributed by atoms with van der Waals surface area (Å²) in [5.74, 6) is 0.930. The maximum absolute atomic E-state index is 6.48. The van der Waals surface area contributed by atoms with Gasteiger partial charge in [-0.1, -0.05) is 38.5 Å². The Balaban J connectivity index is 3.13. The smallest absolute Gasteiger partial charge is 0.0425 e. The first-order chi connectivity index (χ1) is 7.34. The van der Waals surface area contributed by atoms with Crippen LogP contribution in [-0.4, -0.2) is 5.38 Å². The minimum absolute atomic E-state index is 0.208. The third kappa shape index (κ3) is 2.79. The Hall–Kier alpha value is -0.490. The fourth-order valence-electron chi connectivity index (χ4n) is 2.65. The van der Waals surface area contributed by atoms with Crippen LogP contribution in [0.4, 0.5) is 0 Å². The molecule has 1 aromatic rings. The van der Waals surface area contributed by atoms with Crippen molar-refractivity contribution in [3.8, 4) is 0 Å². The number of benzene rings is 1. The zero-order chi connectivity index (χ0) is 12.5. The zero-order valence-corrected chi connectivity index (χ0v) is 12.0. The van der Waals surface area contributed by atoms with Crippen LogP contribution in [-0.2, 0) is 0 Å². The van der Waals surface area contributed by atoms with Crippen LogP contribution < -0.4 is 0 Å². The van der Waals surface area contributed by atoms with E-state index >= 15 is 0 Å². The molecule has 16 heavy (non-hydrogen) atoms. The van der Waals surface area contributed by atoms with E-state index in [9.17, 15) is 0 Å². The van der Waals surface area contributed by atoms with E-state index in [1.165, 1.54) is 22.3 Å². The van der Waals surface area contributed by atoms with Crippen LogP contribution >= 0.6 is 11.6 Å². The van der Waals surface area contributed by atoms with Crippen LogP contribution in [0.3, 0.4) is 0 Å². The first-order valence-corrected chi connectivity index (χ1v) is 6.50. The molecule has 0 aromatic heterocycles. The topological polar surface area (TPSA) is 0 Å². The fraction of sp³-hybridized carbons (Fsp3) is 0.600. The molecule has 0 aliphatic rings. The Labute approximate surface area is 105 Å². The lowest BCUT2D eigenvalue weighted by molar-refractivity contribution is 0.531. The lowest BCUT2D eigenvalue weighted by Crippen LogP contribution is -2.18. The van der Waals surface area contributed by atoms with Crippen molar-refractivity contribution in [2.45, 2.75) is 52.8 Å². The Morgan fingerprint density at radius 3 is 1.75 bits per heavy atom. The van der Waals surface area contributed by atoms with E-state index in [1.807, 2.05) is 0 Å². The third-order valence-electron chi connectivity index (χ3n) is 3.31. The second-order valence-electron chi connectivity index (χ2n) is 5.29. The molecule has 0 radical (unpaired) electrons. The molecule has 0 aliphatic carbocycles. The first kappa shape index (κ1) is 13.6. The monoisotopic (exact) mass is 238 g/mol. The van der Waals surface area contributed by atoms with Gasteiger partial charge in [-0.05, 0) is 49.3 Å². The van der Waals surface area contributed by atoms with Gasteiger partial charge in [-0.2, -0.15) is 0 Å². The van der Waals surface area contributed by atoms with Gasteiger partial charge in [0.1, 0.15) is 0 Å². The minimum atomic E-state index is 0.208. The molecule has 0 fully saturated rings. The third-order valence-corrected chi connectivity index (χ3v) is 4.19. The Bertz CT molecular complexity index is 343. The van der Waals surface area contributed by atoms with Gasteiger partial charge in [0.2, 0.25) is 0 Å². The summed E-state index contributed by atoms with van der Waals surface area (Å²) in [6.07, 6.45) is 0. The van der Waals surface area contributed by atoms with Gasteiger partial charge in [0.05, 0.1) is 0 Å². The highest BCUT2D eigenvalue weighted by Crippen LogP contribution is 2.33. The Morgan fingerprint density at radius 2 is 1.38 bits per heavy atom. The lowest BCUT2D eigenvalue weighted by Gasteiger charge is -2.25. The normalized spacial score (nSPS) is 15.2. The van der Waals surface area contributed by atoms with E-state index in [-0.39, 0.29) is 5.38 Å². The first-order valence-electron chi connectivity index (χ1n) is 6.06. The Kier molecular flexibility index (Phi) is 4.43. The predicted molar refractivity (Wildman–Crippen MR) is 73.5 cm³/mol. The largest absolute Gasteiger partial charge is 0.122 e. The van der Waals surface area contributed by atoms with Crippen LogP contribution in [0.5, 0.6) is 0 Å². The number of rotatable bonds is 3. The summed E-state index contributed by atoms with van der Waals surface area (Å²) in [6, 6.07) is 4.51. The molecule has 0 spiro atoms. The fourth-order valence-corrected chi connectivity index (χ4v) is 2.77. The summed E-state index contributed by atoms with van der Waals surface area (Å²) in [5, 5.41) is 0.208. The van der Waals surface area contributed by atoms with E-state index in [0.717, 1.165) is 0 Å². The molecule has 0 aliphatic heterocycles. The van der Waals surface area contributed by atoms with Gasteiger partial charge >= 0.3 is 0 Å². The molecule has 1 heteroatoms. The molecule has 0 bridgehead atoms. The van der Waals surface area contributed by atoms with Crippen molar-refractivity contribution in [2.75, 3.05) is 0 Å². The highest BCUT2D eigenvalue weighted by Gasteiger charge is 2.22. The molecule has 0 saturated heterocycles. The highest BCUT2D eigenvalue weighted by molar-refractivity contribution is 6.21. The van der Waals surface area contributed by atoms with Crippen molar-refractivity contribution in [2.24, 2.45) is 5.92 Å². The van der Waals surface area contributed by atoms with Crippen LogP contribution in [0.1, 0.15) is 48.9 Å². The van der Waals surface area contributed by atoms with E-state index in [2.05, 4.69) is 53.7 Å². The Morgan fingerprint density at radius 1 is 0.938 bits per heavy atom. The predicted octanol–water partition coefficient (Wildman–Crippen LogP) is 4.98. The molecular weight excluding hydrogens is 216 g/mol. The molecule has 0 amide bonds. The highest BCUT2D eigenvalue weighted by atomic mass is 35.5. The molecule has 2 atom stereocenters. The quantitative estimate of drug-likeness (QED) is 0.652. The average Bonchev–Trinajstić information content (AvgIpc) is 2.14. The van der Waals surface area contributed by atoms with Gasteiger partial charge in [-0.3, -0.25) is 0 Å². The summed E-state index contributed by atoms with van der Waals surface area (Å²) in [5.41, 5.74) is 5.51. The van der Waals surface area contributed by atoms with Gasteiger partial charge in [-0.15, -0.1) is 11.6 Å². The van der Waals surface area contributed by atoms with Crippen molar-refractivity contribution in [1.29, 1.82) is 0 Å². The van der Waals surface area contributed by atoms with Gasteiger partial charge in [0.15, 0.2) is 0 Å². The second kappa shape index (κ2) is 5.23. The lowest BCUT2D eigenvalue weighted by atomic mass is 9.85. The number of aryl methyl sites for hydroxylation is 3. The molecule has 2 unspecified atom stereocenters. The van der Waals surface area contributed by atoms with Crippen LogP contribution in [0.25, 0.3) is 0 Å². The summed E-state index contributed by atoms with van der Waals surface area (Å²) in [7, 11) is 0. The number of alkyl halides is 1. The van der Waals surface area contributed by atoms with Crippen LogP contribution in [0.2, 0.25) is 0 Å². The van der Waals surface area contributed by atoms with Crippen molar-refractivity contribution in [3.05, 3.63) is 34.4 Å². The second-order valence-corrected chi connectivity index (χ2v) is 5.79. The van der Waals surface area contributed by atoms with Gasteiger partial charge in [0, 0.05) is 5.38 Å². The molecule has 1 rings (SSSR count). The maximum atomic E-state index is 6.48. The molecule has 1 aromatic carbocycles. The van der Waals surface area contributed by atoms with Crippen molar-refractivity contribution >= 4 is 11.6 Å². The van der Waals surface area contributed by atoms with Crippen LogP contribution in [0.15, 0.2) is 12.1 Å². The van der Waals surface area contributed by atoms with E-state index < -0.39 is 0 Å². The summed E-state index contributed by atoms with van der Waals surface area (Å²) in [6.45, 7) is 13.1. The summed E-state index contributed by atoms with van der Waals surface area (Å²) < 4.78 is 0. The molecular formula is C15H23Cl. The van der Waals surface area contributed by atoms with E-state index in [4.69, 9.17) is 11.6 Å². The van der Waals surface area contributed by atoms with E-state index in [0.29, 0.717) is 11.8 Å². The summed E-state index contributed by atoms with van der Waals surface area (Å²) in [4.78, 5) is 0. The number of hydrogen-bond donors (Lipinski definition) is 0. The molecule has 0 heterocycles. The maximum Gasteiger partial charge on any atom is 0.0425 e. The SMILES string of the molecule is Cc1cc(C)c(C(C)C(Cl)C(C)C)c(C)c1. The van der Waals surface area contributed by atoms with Crippen molar-refractivity contribution in [3.63, 3.8) is 0 Å². The zero-order valence-electron chi connectivity index (χ0n) is 11.3. The molecule has 0 saturated carbocycles. The van der Waals surface area contributed by atoms with Crippen molar-refractivity contribution < 1.29 is 0 Å². The van der Waals surface area contributed by atoms with Crippen molar-refractivity contribution in [1.82, 2.24) is 0 Å². The molecule has 0 N–H and O–H groups in total. The summed E-state index contributed by atoms with van der Waals surface area (Å²) >= 11 is 6.48. The van der Waals surface area contributed by atoms with Gasteiger partial charge in [0.25, 0.3) is 0 Å².